The van der Waals surface area contributed by atoms with Crippen LogP contribution >= 0.6 is 0 Å². The Kier molecular flexibility index (Phi) is 9.71. The van der Waals surface area contributed by atoms with Crippen molar-refractivity contribution in [2.24, 2.45) is 50.2 Å². The van der Waals surface area contributed by atoms with Crippen molar-refractivity contribution >= 4 is 5.97 Å². The van der Waals surface area contributed by atoms with Crippen molar-refractivity contribution in [1.82, 2.24) is 0 Å². The van der Waals surface area contributed by atoms with Crippen LogP contribution in [0.2, 0.25) is 0 Å². The Morgan fingerprint density at radius 3 is 2.10 bits per heavy atom. The number of carboxylic acids is 1. The summed E-state index contributed by atoms with van der Waals surface area (Å²) in [5, 5.41) is 74.9. The first kappa shape index (κ1) is 39.1. The van der Waals surface area contributed by atoms with Crippen LogP contribution in [-0.4, -0.2) is 116 Å². The van der Waals surface area contributed by atoms with Gasteiger partial charge in [-0.15, -0.1) is 0 Å². The first-order valence-corrected chi connectivity index (χ1v) is 19.7. The number of aliphatic hydroxyl groups excluding tert-OH is 6. The summed E-state index contributed by atoms with van der Waals surface area (Å²) in [6.45, 7) is 15.7. The molecule has 2 aliphatic heterocycles. The molecule has 0 unspecified atom stereocenters. The number of rotatable bonds is 5. The van der Waals surface area contributed by atoms with E-state index in [4.69, 9.17) is 18.9 Å². The third-order valence-electron chi connectivity index (χ3n) is 16.5. The van der Waals surface area contributed by atoms with E-state index in [9.17, 15) is 40.5 Å². The van der Waals surface area contributed by atoms with Gasteiger partial charge in [0, 0.05) is 0 Å². The van der Waals surface area contributed by atoms with Crippen LogP contribution in [0.5, 0.6) is 0 Å². The van der Waals surface area contributed by atoms with Crippen LogP contribution in [0.4, 0.5) is 0 Å². The SMILES string of the molecule is CC1(C)CC[C@]2(C(=O)O)[C@H](O)C[C@]3(C)C(=CC[C@H]4[C@@]5(C)CC[C@H](O[C@@H]6OC[C@H](O[C@@H]7OC[C@H](O)[C@H](O)[C@H]7O)[C@H](O)[C@H]6O)C(C)(C)[C@@H]5CC[C@]43C)[C@H]2C1. The van der Waals surface area contributed by atoms with E-state index < -0.39 is 66.7 Å². The maximum atomic E-state index is 13.1. The normalized spacial score (nSPS) is 54.1. The summed E-state index contributed by atoms with van der Waals surface area (Å²) in [5.41, 5.74) is -0.684. The molecule has 0 amide bonds. The van der Waals surface area contributed by atoms with Gasteiger partial charge in [0.1, 0.15) is 42.0 Å². The molecule has 0 aromatic carbocycles. The smallest absolute Gasteiger partial charge is 0.312 e. The molecule has 0 radical (unpaired) electrons. The summed E-state index contributed by atoms with van der Waals surface area (Å²) in [5.74, 6) is -0.439. The summed E-state index contributed by atoms with van der Waals surface area (Å²) < 4.78 is 23.5. The highest BCUT2D eigenvalue weighted by Gasteiger charge is 2.71. The van der Waals surface area contributed by atoms with Crippen LogP contribution < -0.4 is 0 Å². The largest absolute Gasteiger partial charge is 0.481 e. The number of allylic oxidation sites excluding steroid dienone is 2. The van der Waals surface area contributed by atoms with Gasteiger partial charge in [-0.1, -0.05) is 60.1 Å². The van der Waals surface area contributed by atoms with Gasteiger partial charge in [-0.2, -0.15) is 0 Å². The van der Waals surface area contributed by atoms with E-state index in [1.807, 2.05) is 0 Å². The fraction of sp³-hybridized carbons (Fsp3) is 0.925. The molecular formula is C40H64O12. The maximum Gasteiger partial charge on any atom is 0.312 e. The third-order valence-corrected chi connectivity index (χ3v) is 16.5. The highest BCUT2D eigenvalue weighted by atomic mass is 16.7. The highest BCUT2D eigenvalue weighted by molar-refractivity contribution is 5.77. The summed E-state index contributed by atoms with van der Waals surface area (Å²) >= 11 is 0. The minimum absolute atomic E-state index is 0.00613. The van der Waals surface area contributed by atoms with Crippen molar-refractivity contribution < 1.29 is 59.5 Å². The van der Waals surface area contributed by atoms with E-state index in [0.29, 0.717) is 18.8 Å². The average Bonchev–Trinajstić information content (AvgIpc) is 3.05. The number of hydrogen-bond donors (Lipinski definition) is 7. The molecule has 0 bridgehead atoms. The monoisotopic (exact) mass is 736 g/mol. The Balaban J connectivity index is 1.08. The zero-order valence-electron chi connectivity index (χ0n) is 32.0. The molecular weight excluding hydrogens is 672 g/mol. The van der Waals surface area contributed by atoms with Gasteiger partial charge in [0.25, 0.3) is 0 Å². The molecule has 0 aromatic heterocycles. The van der Waals surface area contributed by atoms with E-state index >= 15 is 0 Å². The lowest BCUT2D eigenvalue weighted by atomic mass is 9.33. The fourth-order valence-corrected chi connectivity index (χ4v) is 13.2. The number of ether oxygens (including phenoxy) is 4. The lowest BCUT2D eigenvalue weighted by Gasteiger charge is -2.71. The van der Waals surface area contributed by atoms with Crippen LogP contribution in [0, 0.1) is 50.2 Å². The second kappa shape index (κ2) is 12.9. The zero-order valence-corrected chi connectivity index (χ0v) is 32.0. The lowest BCUT2D eigenvalue weighted by molar-refractivity contribution is -0.341. The Bertz CT molecular complexity index is 1420. The van der Waals surface area contributed by atoms with E-state index in [1.165, 1.54) is 5.57 Å². The van der Waals surface area contributed by atoms with Gasteiger partial charge in [-0.25, -0.2) is 0 Å². The standard InChI is InChI=1S/C40H64O12/c1-35(2)14-15-40(34(47)48)21(16-35)20-8-9-25-37(5)12-11-27(36(3,4)24(37)10-13-38(25,6)39(20,7)17-26(40)42)52-33-31(46)29(44)23(19-50-33)51-32-30(45)28(43)22(41)18-49-32/h8,21-33,41-46H,9-19H2,1-7H3,(H,47,48)/t21-,22+,23+,24+,25+,26-,27+,28+,29+,30-,31-,32+,33+,37+,38-,39-,40-/m1/s1. The molecule has 296 valence electrons. The van der Waals surface area contributed by atoms with Gasteiger partial charge >= 0.3 is 5.97 Å². The molecule has 0 aromatic rings. The molecule has 2 heterocycles. The molecule has 0 spiro atoms. The lowest BCUT2D eigenvalue weighted by Crippen LogP contribution is -2.67. The number of aliphatic hydroxyl groups is 6. The number of carboxylic acid groups (broad SMARTS) is 1. The Hall–Kier alpha value is -1.19. The third kappa shape index (κ3) is 5.55. The highest BCUT2D eigenvalue weighted by Crippen LogP contribution is 2.76. The Morgan fingerprint density at radius 2 is 1.40 bits per heavy atom. The zero-order chi connectivity index (χ0) is 38.0. The van der Waals surface area contributed by atoms with Crippen molar-refractivity contribution in [3.63, 3.8) is 0 Å². The van der Waals surface area contributed by atoms with Crippen LogP contribution in [0.3, 0.4) is 0 Å². The van der Waals surface area contributed by atoms with E-state index in [0.717, 1.165) is 44.9 Å². The second-order valence-corrected chi connectivity index (χ2v) is 19.9. The maximum absolute atomic E-state index is 13.1. The minimum Gasteiger partial charge on any atom is -0.481 e. The van der Waals surface area contributed by atoms with Crippen molar-refractivity contribution in [2.75, 3.05) is 13.2 Å². The van der Waals surface area contributed by atoms with Crippen LogP contribution in [0.25, 0.3) is 0 Å². The molecule has 5 aliphatic carbocycles. The molecule has 2 saturated heterocycles. The predicted octanol–water partition coefficient (Wildman–Crippen LogP) is 3.13. The number of aliphatic carboxylic acids is 1. The number of carbonyl (C=O) groups is 1. The predicted molar refractivity (Wildman–Crippen MR) is 187 cm³/mol. The van der Waals surface area contributed by atoms with Gasteiger partial charge < -0.3 is 54.7 Å². The minimum atomic E-state index is -1.54. The molecule has 4 saturated carbocycles. The number of hydrogen-bond acceptors (Lipinski definition) is 11. The summed E-state index contributed by atoms with van der Waals surface area (Å²) in [6.07, 6.45) is -2.41. The van der Waals surface area contributed by atoms with Gasteiger partial charge in [0.15, 0.2) is 12.6 Å². The molecule has 12 nitrogen and oxygen atoms in total. The van der Waals surface area contributed by atoms with Crippen LogP contribution in [-0.2, 0) is 23.7 Å². The molecule has 7 aliphatic rings. The first-order valence-electron chi connectivity index (χ1n) is 19.7. The van der Waals surface area contributed by atoms with Crippen molar-refractivity contribution in [1.29, 1.82) is 0 Å². The molecule has 7 rings (SSSR count). The van der Waals surface area contributed by atoms with Gasteiger partial charge in [0.2, 0.25) is 0 Å². The van der Waals surface area contributed by atoms with E-state index in [-0.39, 0.29) is 58.2 Å². The summed E-state index contributed by atoms with van der Waals surface area (Å²) in [7, 11) is 0. The van der Waals surface area contributed by atoms with Crippen LogP contribution in [0.15, 0.2) is 11.6 Å². The quantitative estimate of drug-likeness (QED) is 0.161. The molecule has 7 N–H and O–H groups in total. The van der Waals surface area contributed by atoms with Crippen molar-refractivity contribution in [3.05, 3.63) is 11.6 Å². The first-order chi connectivity index (χ1) is 24.1. The van der Waals surface area contributed by atoms with Crippen molar-refractivity contribution in [2.45, 2.75) is 168 Å². The molecule has 12 heteroatoms. The Morgan fingerprint density at radius 1 is 0.750 bits per heavy atom. The molecule has 52 heavy (non-hydrogen) atoms. The van der Waals surface area contributed by atoms with Crippen LogP contribution in [0.1, 0.15) is 106 Å². The summed E-state index contributed by atoms with van der Waals surface area (Å²) in [6, 6.07) is 0. The second-order valence-electron chi connectivity index (χ2n) is 19.9. The molecule has 17 atom stereocenters. The van der Waals surface area contributed by atoms with E-state index in [1.54, 1.807) is 0 Å². The van der Waals surface area contributed by atoms with Gasteiger partial charge in [-0.05, 0) is 103 Å². The summed E-state index contributed by atoms with van der Waals surface area (Å²) in [4.78, 5) is 13.1. The van der Waals surface area contributed by atoms with Gasteiger partial charge in [0.05, 0.1) is 25.4 Å². The fourth-order valence-electron chi connectivity index (χ4n) is 13.2. The molecule has 6 fully saturated rings. The Labute approximate surface area is 307 Å². The van der Waals surface area contributed by atoms with E-state index in [2.05, 4.69) is 54.5 Å². The average molecular weight is 737 g/mol. The van der Waals surface area contributed by atoms with Crippen molar-refractivity contribution in [3.8, 4) is 0 Å². The number of fused-ring (bicyclic) bond motifs is 7. The topological polar surface area (TPSA) is 196 Å². The van der Waals surface area contributed by atoms with Gasteiger partial charge in [-0.3, -0.25) is 4.79 Å².